The van der Waals surface area contributed by atoms with Crippen LogP contribution >= 0.6 is 45.6 Å². The van der Waals surface area contributed by atoms with E-state index in [1.54, 1.807) is 0 Å². The fourth-order valence-corrected chi connectivity index (χ4v) is 11.3. The lowest BCUT2D eigenvalue weighted by Gasteiger charge is -2.31. The minimum atomic E-state index is -5.35. The van der Waals surface area contributed by atoms with E-state index in [9.17, 15) is 100 Å². The predicted octanol–water partition coefficient (Wildman–Crippen LogP) is -2.27. The number of carbonyl (C=O) groups is 3. The molecule has 0 rings (SSSR count). The van der Waals surface area contributed by atoms with Gasteiger partial charge >= 0.3 is 45.6 Å². The zero-order chi connectivity index (χ0) is 37.4. The summed E-state index contributed by atoms with van der Waals surface area (Å²) in [6, 6.07) is 0. The van der Waals surface area contributed by atoms with Crippen LogP contribution in [0.1, 0.15) is 45.4 Å². The van der Waals surface area contributed by atoms with E-state index in [0.717, 1.165) is 0 Å². The number of carbonyl (C=O) groups excluding carboxylic acids is 3. The van der Waals surface area contributed by atoms with Crippen LogP contribution in [-0.4, -0.2) is 112 Å². The van der Waals surface area contributed by atoms with Gasteiger partial charge in [0.2, 0.25) is 17.7 Å². The van der Waals surface area contributed by atoms with Crippen LogP contribution in [0.5, 0.6) is 0 Å². The van der Waals surface area contributed by atoms with E-state index in [1.807, 2.05) is 0 Å². The average Bonchev–Trinajstić information content (AvgIpc) is 2.80. The van der Waals surface area contributed by atoms with Gasteiger partial charge in [0, 0.05) is 44.3 Å². The maximum Gasteiger partial charge on any atom is 0.340 e. The fourth-order valence-electron chi connectivity index (χ4n) is 3.77. The Kier molecular flexibility index (Phi) is 17.2. The highest BCUT2D eigenvalue weighted by Gasteiger charge is 2.45. The Balaban J connectivity index is 5.72. The Morgan fingerprint density at radius 3 is 0.766 bits per heavy atom. The summed E-state index contributed by atoms with van der Waals surface area (Å²) in [5.74, 6) is -3.05. The smallest absolute Gasteiger partial charge is 0.340 e. The van der Waals surface area contributed by atoms with E-state index in [-0.39, 0.29) is 0 Å². The lowest BCUT2D eigenvalue weighted by Crippen LogP contribution is -2.50. The molecule has 0 aromatic carbocycles. The average molecular weight is 807 g/mol. The van der Waals surface area contributed by atoms with Crippen LogP contribution in [0.15, 0.2) is 0 Å². The minimum Gasteiger partial charge on any atom is -0.355 e. The van der Waals surface area contributed by atoms with Gasteiger partial charge in [-0.3, -0.25) is 41.8 Å². The molecule has 0 spiro atoms. The Bertz CT molecular complexity index is 1170. The van der Waals surface area contributed by atoms with Crippen LogP contribution in [-0.2, 0) is 41.8 Å². The molecule has 0 aromatic rings. The standard InChI is InChI=1S/C17H39N3O21P6/c1-17(8-18-11(21)2-5-14(42(24,25)26)43(27,28)29,9-19-12(22)3-6-15(44(30,31)32)45(33,34)35)10-20-13(23)4-7-16(46(36,37)38)47(39,40)41/h14-16H,2-10H2,1H3,(H,18,21)(H,19,22)(H,20,23)(H2,24,25,26)(H2,27,28,29)(H2,30,31,32)(H2,33,34,35)(H2,36,37,38)(H2,39,40,41). The first kappa shape index (κ1) is 46.3. The summed E-state index contributed by atoms with van der Waals surface area (Å²) in [6.45, 7) is -0.234. The van der Waals surface area contributed by atoms with Gasteiger partial charge in [0.05, 0.1) is 0 Å². The molecule has 0 saturated heterocycles. The largest absolute Gasteiger partial charge is 0.355 e. The second-order valence-corrected chi connectivity index (χ2v) is 22.8. The topological polar surface area (TPSA) is 432 Å². The van der Waals surface area contributed by atoms with Crippen molar-refractivity contribution in [1.82, 2.24) is 16.0 Å². The molecule has 0 aliphatic rings. The van der Waals surface area contributed by atoms with Crippen molar-refractivity contribution in [3.63, 3.8) is 0 Å². The number of rotatable bonds is 21. The molecular weight excluding hydrogens is 768 g/mol. The molecule has 24 nitrogen and oxygen atoms in total. The van der Waals surface area contributed by atoms with Crippen molar-refractivity contribution in [3.05, 3.63) is 0 Å². The van der Waals surface area contributed by atoms with Crippen LogP contribution in [0.4, 0.5) is 0 Å². The molecule has 278 valence electrons. The normalized spacial score (nSPS) is 14.0. The number of amides is 3. The molecule has 0 fully saturated rings. The molecule has 15 N–H and O–H groups in total. The monoisotopic (exact) mass is 807 g/mol. The number of nitrogens with one attached hydrogen (secondary N) is 3. The Labute approximate surface area is 266 Å². The lowest BCUT2D eigenvalue weighted by molar-refractivity contribution is -0.121. The predicted molar refractivity (Wildman–Crippen MR) is 158 cm³/mol. The van der Waals surface area contributed by atoms with Gasteiger partial charge in [0.15, 0.2) is 16.2 Å². The van der Waals surface area contributed by atoms with Crippen molar-refractivity contribution in [2.24, 2.45) is 5.41 Å². The van der Waals surface area contributed by atoms with Gasteiger partial charge in [-0.25, -0.2) is 0 Å². The molecule has 0 saturated carbocycles. The van der Waals surface area contributed by atoms with Crippen LogP contribution in [0.25, 0.3) is 0 Å². The molecule has 0 heterocycles. The maximum atomic E-state index is 12.4. The summed E-state index contributed by atoms with van der Waals surface area (Å²) in [6.07, 6.45) is -5.38. The van der Waals surface area contributed by atoms with E-state index in [0.29, 0.717) is 0 Å². The third kappa shape index (κ3) is 18.2. The highest BCUT2D eigenvalue weighted by Crippen LogP contribution is 2.63. The van der Waals surface area contributed by atoms with Gasteiger partial charge in [-0.1, -0.05) is 6.92 Å². The Hall–Kier alpha value is -0.690. The van der Waals surface area contributed by atoms with Gasteiger partial charge in [-0.15, -0.1) is 0 Å². The molecule has 30 heteroatoms. The van der Waals surface area contributed by atoms with Crippen LogP contribution in [0.3, 0.4) is 0 Å². The number of hydrogen-bond donors (Lipinski definition) is 15. The van der Waals surface area contributed by atoms with E-state index in [1.165, 1.54) is 6.92 Å². The summed E-state index contributed by atoms with van der Waals surface area (Å²) in [4.78, 5) is 147. The van der Waals surface area contributed by atoms with E-state index in [2.05, 4.69) is 16.0 Å². The second-order valence-electron chi connectivity index (χ2n) is 10.7. The van der Waals surface area contributed by atoms with Gasteiger partial charge < -0.3 is 74.7 Å². The summed E-state index contributed by atoms with van der Waals surface area (Å²) < 4.78 is 68.6. The summed E-state index contributed by atoms with van der Waals surface area (Å²) in [5, 5.41) is -0.749. The quantitative estimate of drug-likeness (QED) is 0.0543. The van der Waals surface area contributed by atoms with Gasteiger partial charge in [0.1, 0.15) is 0 Å². The number of hydrogen-bond acceptors (Lipinski definition) is 9. The highest BCUT2D eigenvalue weighted by molar-refractivity contribution is 7.71. The highest BCUT2D eigenvalue weighted by atomic mass is 31.2. The maximum absolute atomic E-state index is 12.4. The molecule has 0 bridgehead atoms. The summed E-state index contributed by atoms with van der Waals surface area (Å²) in [5.41, 5.74) is -1.45. The van der Waals surface area contributed by atoms with Crippen molar-refractivity contribution in [2.75, 3.05) is 19.6 Å². The van der Waals surface area contributed by atoms with E-state index in [4.69, 9.17) is 0 Å². The molecule has 0 radical (unpaired) electrons. The van der Waals surface area contributed by atoms with Crippen LogP contribution in [0.2, 0.25) is 0 Å². The second kappa shape index (κ2) is 17.5. The first-order chi connectivity index (χ1) is 20.7. The van der Waals surface area contributed by atoms with Gasteiger partial charge in [0.25, 0.3) is 0 Å². The van der Waals surface area contributed by atoms with E-state index < -0.39 is 143 Å². The lowest BCUT2D eigenvalue weighted by atomic mass is 9.89. The van der Waals surface area contributed by atoms with Crippen molar-refractivity contribution in [1.29, 1.82) is 0 Å². The molecule has 3 amide bonds. The Morgan fingerprint density at radius 2 is 0.617 bits per heavy atom. The fraction of sp³-hybridized carbons (Fsp3) is 0.824. The molecular formula is C17H39N3O21P6. The van der Waals surface area contributed by atoms with Crippen LogP contribution < -0.4 is 16.0 Å². The van der Waals surface area contributed by atoms with Crippen molar-refractivity contribution >= 4 is 63.3 Å². The molecule has 0 atom stereocenters. The SMILES string of the molecule is CC(CNC(=O)CCC(P(=O)(O)O)P(=O)(O)O)(CNC(=O)CCC(P(=O)(O)O)P(=O)(O)O)CNC(=O)CCC(P(=O)(O)O)P(=O)(O)O. The minimum absolute atomic E-state index is 0.510. The Morgan fingerprint density at radius 1 is 0.447 bits per heavy atom. The van der Waals surface area contributed by atoms with Crippen molar-refractivity contribution in [3.8, 4) is 0 Å². The van der Waals surface area contributed by atoms with Crippen molar-refractivity contribution < 1.29 is 100 Å². The van der Waals surface area contributed by atoms with Crippen molar-refractivity contribution in [2.45, 2.75) is 61.6 Å². The third-order valence-corrected chi connectivity index (χ3v) is 18.0. The van der Waals surface area contributed by atoms with Crippen LogP contribution in [0, 0.1) is 5.41 Å². The molecule has 0 aliphatic carbocycles. The summed E-state index contributed by atoms with van der Waals surface area (Å²) in [7, 11) is -32.1. The molecule has 0 aromatic heterocycles. The van der Waals surface area contributed by atoms with Gasteiger partial charge in [-0.2, -0.15) is 0 Å². The molecule has 0 aliphatic heterocycles. The van der Waals surface area contributed by atoms with E-state index >= 15 is 0 Å². The van der Waals surface area contributed by atoms with Gasteiger partial charge in [-0.05, 0) is 19.3 Å². The molecule has 47 heavy (non-hydrogen) atoms. The third-order valence-electron chi connectivity index (χ3n) is 6.36. The summed E-state index contributed by atoms with van der Waals surface area (Å²) >= 11 is 0. The first-order valence-corrected chi connectivity index (χ1v) is 22.9. The zero-order valence-electron chi connectivity index (χ0n) is 24.3. The zero-order valence-corrected chi connectivity index (χ0v) is 29.7. The first-order valence-electron chi connectivity index (χ1n) is 12.8. The molecule has 0 unspecified atom stereocenters.